The number of ether oxygens (including phenoxy) is 2. The SMILES string of the molecule is C[C@@H]1C[C@@H](N)C[C@H](c2ccncc2NC(=O)c2ccc(F)c(-c3c(F)cc(OC4CCOCC4)cc3F)n2)C1. The standard InChI is InChI=1S/C29H31F3N4O3/c1-16-10-17(12-18(33)11-16)21-4-7-34-15-26(21)36-29(37)25-3-2-22(30)28(35-25)27-23(31)13-20(14-24(27)32)39-19-5-8-38-9-6-19/h2-4,7,13-19H,5-6,8-12,33H2,1H3,(H,36,37)/t16-,17+,18+/m0/s1. The number of benzene rings is 1. The molecule has 206 valence electrons. The Labute approximate surface area is 224 Å². The van der Waals surface area contributed by atoms with Gasteiger partial charge in [0.2, 0.25) is 0 Å². The van der Waals surface area contributed by atoms with Gasteiger partial charge in [-0.1, -0.05) is 6.92 Å². The number of hydrogen-bond acceptors (Lipinski definition) is 6. The highest BCUT2D eigenvalue weighted by atomic mass is 19.1. The second-order valence-electron chi connectivity index (χ2n) is 10.4. The van der Waals surface area contributed by atoms with Crippen molar-refractivity contribution < 1.29 is 27.4 Å². The first-order chi connectivity index (χ1) is 18.8. The molecule has 1 amide bonds. The maximum Gasteiger partial charge on any atom is 0.274 e. The van der Waals surface area contributed by atoms with Crippen molar-refractivity contribution in [2.75, 3.05) is 18.5 Å². The fraction of sp³-hybridized carbons (Fsp3) is 0.414. The number of rotatable bonds is 6. The molecule has 3 aromatic rings. The number of nitrogens with one attached hydrogen (secondary N) is 1. The van der Waals surface area contributed by atoms with Gasteiger partial charge in [-0.2, -0.15) is 0 Å². The first kappa shape index (κ1) is 27.1. The van der Waals surface area contributed by atoms with Gasteiger partial charge in [0.25, 0.3) is 5.91 Å². The molecule has 1 saturated heterocycles. The monoisotopic (exact) mass is 540 g/mol. The van der Waals surface area contributed by atoms with Gasteiger partial charge in [0.05, 0.1) is 30.7 Å². The van der Waals surface area contributed by atoms with E-state index >= 15 is 8.78 Å². The minimum absolute atomic E-state index is 0.00388. The van der Waals surface area contributed by atoms with Gasteiger partial charge >= 0.3 is 0 Å². The molecule has 5 rings (SSSR count). The predicted molar refractivity (Wildman–Crippen MR) is 140 cm³/mol. The number of halogens is 3. The molecule has 1 saturated carbocycles. The zero-order valence-electron chi connectivity index (χ0n) is 21.6. The first-order valence-corrected chi connectivity index (χ1v) is 13.2. The summed E-state index contributed by atoms with van der Waals surface area (Å²) in [6.45, 7) is 3.16. The average molecular weight is 541 g/mol. The van der Waals surface area contributed by atoms with Gasteiger partial charge in [-0.3, -0.25) is 9.78 Å². The summed E-state index contributed by atoms with van der Waals surface area (Å²) in [5.41, 5.74) is 6.16. The van der Waals surface area contributed by atoms with Crippen LogP contribution in [-0.4, -0.2) is 41.2 Å². The molecule has 3 atom stereocenters. The molecule has 2 aromatic heterocycles. The molecule has 3 heterocycles. The fourth-order valence-electron chi connectivity index (χ4n) is 5.54. The van der Waals surface area contributed by atoms with Crippen molar-refractivity contribution in [1.29, 1.82) is 0 Å². The zero-order valence-corrected chi connectivity index (χ0v) is 21.6. The molecule has 1 aromatic carbocycles. The lowest BCUT2D eigenvalue weighted by atomic mass is 9.76. The second kappa shape index (κ2) is 11.7. The smallest absolute Gasteiger partial charge is 0.274 e. The number of nitrogens with two attached hydrogens (primary N) is 1. The molecule has 1 aliphatic carbocycles. The van der Waals surface area contributed by atoms with E-state index in [4.69, 9.17) is 15.2 Å². The van der Waals surface area contributed by atoms with Crippen LogP contribution in [-0.2, 0) is 4.74 Å². The third-order valence-electron chi connectivity index (χ3n) is 7.32. The van der Waals surface area contributed by atoms with Crippen molar-refractivity contribution in [3.63, 3.8) is 0 Å². The van der Waals surface area contributed by atoms with Gasteiger partial charge in [-0.25, -0.2) is 18.2 Å². The Morgan fingerprint density at radius 1 is 1.05 bits per heavy atom. The van der Waals surface area contributed by atoms with E-state index in [-0.39, 0.29) is 29.5 Å². The number of anilines is 1. The molecule has 1 aliphatic heterocycles. The van der Waals surface area contributed by atoms with Crippen molar-refractivity contribution in [3.8, 4) is 17.0 Å². The van der Waals surface area contributed by atoms with Crippen LogP contribution in [0.15, 0.2) is 42.7 Å². The summed E-state index contributed by atoms with van der Waals surface area (Å²) in [5, 5.41) is 2.79. The van der Waals surface area contributed by atoms with Crippen molar-refractivity contribution >= 4 is 11.6 Å². The maximum atomic E-state index is 15.1. The Hall–Kier alpha value is -3.50. The van der Waals surface area contributed by atoms with Crippen molar-refractivity contribution in [1.82, 2.24) is 9.97 Å². The van der Waals surface area contributed by atoms with Crippen LogP contribution in [0.2, 0.25) is 0 Å². The molecule has 0 radical (unpaired) electrons. The van der Waals surface area contributed by atoms with Gasteiger partial charge in [0, 0.05) is 37.2 Å². The summed E-state index contributed by atoms with van der Waals surface area (Å²) in [6, 6.07) is 6.05. The Morgan fingerprint density at radius 3 is 2.51 bits per heavy atom. The van der Waals surface area contributed by atoms with Crippen LogP contribution in [0.3, 0.4) is 0 Å². The highest BCUT2D eigenvalue weighted by Crippen LogP contribution is 2.38. The van der Waals surface area contributed by atoms with Gasteiger partial charge in [0.1, 0.15) is 40.7 Å². The molecule has 39 heavy (non-hydrogen) atoms. The lowest BCUT2D eigenvalue weighted by Crippen LogP contribution is -2.31. The summed E-state index contributed by atoms with van der Waals surface area (Å²) in [5.74, 6) is -3.13. The van der Waals surface area contributed by atoms with Crippen LogP contribution < -0.4 is 15.8 Å². The van der Waals surface area contributed by atoms with Crippen LogP contribution >= 0.6 is 0 Å². The number of carbonyl (C=O) groups excluding carboxylic acids is 1. The average Bonchev–Trinajstić information content (AvgIpc) is 2.89. The lowest BCUT2D eigenvalue weighted by Gasteiger charge is -2.32. The quantitative estimate of drug-likeness (QED) is 0.422. The van der Waals surface area contributed by atoms with Gasteiger partial charge in [0.15, 0.2) is 0 Å². The number of nitrogens with zero attached hydrogens (tertiary/aromatic N) is 2. The number of amides is 1. The minimum atomic E-state index is -1.04. The summed E-state index contributed by atoms with van der Waals surface area (Å²) < 4.78 is 55.8. The normalized spacial score (nSPS) is 21.9. The van der Waals surface area contributed by atoms with E-state index in [1.54, 1.807) is 12.4 Å². The Bertz CT molecular complexity index is 1320. The molecule has 10 heteroatoms. The molecule has 0 unspecified atom stereocenters. The van der Waals surface area contributed by atoms with Crippen molar-refractivity contribution in [3.05, 3.63) is 71.4 Å². The Kier molecular flexibility index (Phi) is 8.13. The van der Waals surface area contributed by atoms with E-state index in [1.165, 1.54) is 6.07 Å². The molecule has 2 fully saturated rings. The van der Waals surface area contributed by atoms with Crippen LogP contribution in [0.5, 0.6) is 5.75 Å². The van der Waals surface area contributed by atoms with Gasteiger partial charge < -0.3 is 20.5 Å². The van der Waals surface area contributed by atoms with E-state index in [0.717, 1.165) is 43.0 Å². The maximum absolute atomic E-state index is 15.1. The van der Waals surface area contributed by atoms with E-state index in [9.17, 15) is 9.18 Å². The minimum Gasteiger partial charge on any atom is -0.490 e. The van der Waals surface area contributed by atoms with E-state index in [0.29, 0.717) is 37.7 Å². The zero-order chi connectivity index (χ0) is 27.5. The molecule has 7 nitrogen and oxygen atoms in total. The molecular weight excluding hydrogens is 509 g/mol. The Balaban J connectivity index is 1.38. The predicted octanol–water partition coefficient (Wildman–Crippen LogP) is 5.60. The van der Waals surface area contributed by atoms with E-state index in [2.05, 4.69) is 22.2 Å². The second-order valence-corrected chi connectivity index (χ2v) is 10.4. The third-order valence-corrected chi connectivity index (χ3v) is 7.32. The summed E-state index contributed by atoms with van der Waals surface area (Å²) in [4.78, 5) is 21.3. The summed E-state index contributed by atoms with van der Waals surface area (Å²) in [6.07, 6.45) is 6.82. The molecule has 0 bridgehead atoms. The van der Waals surface area contributed by atoms with Crippen molar-refractivity contribution in [2.45, 2.75) is 57.1 Å². The molecular formula is C29H31F3N4O3. The van der Waals surface area contributed by atoms with Crippen molar-refractivity contribution in [2.24, 2.45) is 11.7 Å². The third kappa shape index (κ3) is 6.23. The van der Waals surface area contributed by atoms with Gasteiger partial charge in [-0.15, -0.1) is 0 Å². The number of pyridine rings is 2. The Morgan fingerprint density at radius 2 is 1.79 bits per heavy atom. The first-order valence-electron chi connectivity index (χ1n) is 13.2. The molecule has 2 aliphatic rings. The van der Waals surface area contributed by atoms with Gasteiger partial charge in [-0.05, 0) is 54.9 Å². The lowest BCUT2D eigenvalue weighted by molar-refractivity contribution is 0.0253. The van der Waals surface area contributed by atoms with Crippen LogP contribution in [0.25, 0.3) is 11.3 Å². The molecule has 0 spiro atoms. The highest BCUT2D eigenvalue weighted by molar-refractivity contribution is 6.03. The van der Waals surface area contributed by atoms with Crippen LogP contribution in [0.4, 0.5) is 18.9 Å². The summed E-state index contributed by atoms with van der Waals surface area (Å²) >= 11 is 0. The molecule has 3 N–H and O–H groups in total. The van der Waals surface area contributed by atoms with E-state index in [1.807, 2.05) is 6.07 Å². The van der Waals surface area contributed by atoms with E-state index < -0.39 is 34.6 Å². The number of hydrogen-bond donors (Lipinski definition) is 2. The largest absolute Gasteiger partial charge is 0.490 e. The topological polar surface area (TPSA) is 99.4 Å². The number of carbonyl (C=O) groups is 1. The summed E-state index contributed by atoms with van der Waals surface area (Å²) in [7, 11) is 0. The van der Waals surface area contributed by atoms with Crippen LogP contribution in [0, 0.1) is 23.4 Å². The number of aromatic nitrogens is 2. The van der Waals surface area contributed by atoms with Crippen LogP contribution in [0.1, 0.15) is 61.0 Å². The fourth-order valence-corrected chi connectivity index (χ4v) is 5.54. The highest BCUT2D eigenvalue weighted by Gasteiger charge is 2.28.